The van der Waals surface area contributed by atoms with Gasteiger partial charge in [0.15, 0.2) is 17.5 Å². The summed E-state index contributed by atoms with van der Waals surface area (Å²) in [6, 6.07) is 11.6. The molecule has 0 atom stereocenters. The van der Waals surface area contributed by atoms with Crippen LogP contribution in [0.15, 0.2) is 192 Å². The molecule has 0 unspecified atom stereocenters. The Kier molecular flexibility index (Phi) is 3.88. The highest BCUT2D eigenvalue weighted by molar-refractivity contribution is 6.12. The number of rotatable bonds is 5. The second-order valence-electron chi connectivity index (χ2n) is 12.5. The lowest BCUT2D eigenvalue weighted by Gasteiger charge is -2.33. The molecule has 0 amide bonds. The zero-order valence-corrected chi connectivity index (χ0v) is 27.8. The molecule has 0 radical (unpaired) electrons. The molecule has 2 aromatic heterocycles. The van der Waals surface area contributed by atoms with Gasteiger partial charge in [0, 0.05) is 27.5 Å². The van der Waals surface area contributed by atoms with Crippen molar-refractivity contribution in [2.75, 3.05) is 0 Å². The normalized spacial score (nSPS) is 17.6. The van der Waals surface area contributed by atoms with Gasteiger partial charge in [-0.15, -0.1) is 0 Å². The molecule has 1 aliphatic carbocycles. The second-order valence-corrected chi connectivity index (χ2v) is 12.5. The number of furan rings is 1. The van der Waals surface area contributed by atoms with Crippen LogP contribution < -0.4 is 0 Å². The molecule has 8 aromatic carbocycles. The molecule has 1 aliphatic rings. The van der Waals surface area contributed by atoms with E-state index >= 15 is 0 Å². The number of benzene rings is 8. The summed E-state index contributed by atoms with van der Waals surface area (Å²) >= 11 is 0. The van der Waals surface area contributed by atoms with Crippen molar-refractivity contribution in [3.05, 3.63) is 210 Å². The van der Waals surface area contributed by atoms with Crippen molar-refractivity contribution in [3.63, 3.8) is 0 Å². The van der Waals surface area contributed by atoms with E-state index in [0.29, 0.717) is 16.7 Å². The minimum Gasteiger partial charge on any atom is -0.456 e. The summed E-state index contributed by atoms with van der Waals surface area (Å²) in [5.41, 5.74) is -0.224. The predicted octanol–water partition coefficient (Wildman–Crippen LogP) is 12.3. The van der Waals surface area contributed by atoms with Crippen molar-refractivity contribution in [1.29, 1.82) is 0 Å². The molecule has 0 saturated heterocycles. The number of fused-ring (bicyclic) bond motifs is 7. The van der Waals surface area contributed by atoms with Crippen LogP contribution in [0.25, 0.3) is 78.0 Å². The summed E-state index contributed by atoms with van der Waals surface area (Å²) in [5.74, 6) is -2.01. The Labute approximate surface area is 337 Å². The third-order valence-electron chi connectivity index (χ3n) is 9.66. The maximum atomic E-state index is 10.3. The van der Waals surface area contributed by atoms with Crippen LogP contribution >= 0.6 is 0 Å². The first-order valence-electron chi connectivity index (χ1n) is 25.8. The Hall–Kier alpha value is -7.17. The molecule has 0 bridgehead atoms. The molecule has 10 aromatic rings. The summed E-state index contributed by atoms with van der Waals surface area (Å²) in [5, 5.41) is -1.39. The predicted molar refractivity (Wildman–Crippen MR) is 218 cm³/mol. The van der Waals surface area contributed by atoms with Gasteiger partial charge in [-0.3, -0.25) is 0 Å². The molecular formula is C50H31N3O. The van der Waals surface area contributed by atoms with Gasteiger partial charge in [-0.25, -0.2) is 15.0 Å². The molecule has 0 spiro atoms. The number of aromatic nitrogens is 3. The van der Waals surface area contributed by atoms with Crippen molar-refractivity contribution < 1.29 is 29.1 Å². The van der Waals surface area contributed by atoms with Crippen LogP contribution in [0.5, 0.6) is 0 Å². The largest absolute Gasteiger partial charge is 0.456 e. The number of hydrogen-bond acceptors (Lipinski definition) is 4. The quantitative estimate of drug-likeness (QED) is 0.179. The third-order valence-corrected chi connectivity index (χ3v) is 9.66. The Balaban J connectivity index is 1.33. The minimum absolute atomic E-state index is 0.0304. The average molecular weight is 708 g/mol. The van der Waals surface area contributed by atoms with Gasteiger partial charge in [0.2, 0.25) is 0 Å². The van der Waals surface area contributed by atoms with Crippen molar-refractivity contribution in [1.82, 2.24) is 15.0 Å². The van der Waals surface area contributed by atoms with Crippen molar-refractivity contribution in [2.24, 2.45) is 0 Å². The Bertz CT molecular complexity index is 4030. The van der Waals surface area contributed by atoms with Gasteiger partial charge in [0.25, 0.3) is 0 Å². The number of nitrogens with zero attached hydrogens (tertiary/aromatic N) is 3. The van der Waals surface area contributed by atoms with Crippen LogP contribution in [-0.4, -0.2) is 15.0 Å². The van der Waals surface area contributed by atoms with E-state index < -0.39 is 159 Å². The fourth-order valence-corrected chi connectivity index (χ4v) is 7.42. The highest BCUT2D eigenvalue weighted by Crippen LogP contribution is 2.56. The smallest absolute Gasteiger partial charge is 0.164 e. The van der Waals surface area contributed by atoms with E-state index in [1.807, 2.05) is 78.9 Å². The highest BCUT2D eigenvalue weighted by Gasteiger charge is 2.46. The fourth-order valence-electron chi connectivity index (χ4n) is 7.42. The van der Waals surface area contributed by atoms with Gasteiger partial charge < -0.3 is 4.42 Å². The first kappa shape index (κ1) is 17.6. The van der Waals surface area contributed by atoms with E-state index in [1.54, 1.807) is 0 Å². The molecule has 11 rings (SSSR count). The molecule has 0 saturated carbocycles. The van der Waals surface area contributed by atoms with Gasteiger partial charge in [0.05, 0.1) is 30.1 Å². The molecule has 0 N–H and O–H groups in total. The standard InChI is InChI=1S/C50H31N3O/c1-3-15-33(16-4-1)47-51-48(35-27-26-32-14-7-8-17-34(32)30-35)53-49(52-47)40-22-13-25-45-46(40)41-31-37(28-29-44(41)54-45)50(36-18-5-2-6-19-36)42-23-11-9-20-38(42)39-21-10-12-24-43(39)50/h1-31H/i1D,3D,4D,7D,8D,13D,14D,15D,16D,17D,22D,25D,26D,27D,28D,29D,30D,31D. The van der Waals surface area contributed by atoms with E-state index in [2.05, 4.69) is 15.0 Å². The van der Waals surface area contributed by atoms with E-state index in [4.69, 9.17) is 20.9 Å². The van der Waals surface area contributed by atoms with Crippen LogP contribution in [0.1, 0.15) is 46.9 Å². The molecule has 4 nitrogen and oxygen atoms in total. The second kappa shape index (κ2) is 11.9. The minimum atomic E-state index is -1.43. The van der Waals surface area contributed by atoms with Crippen LogP contribution in [0.3, 0.4) is 0 Å². The summed E-state index contributed by atoms with van der Waals surface area (Å²) < 4.78 is 168. The zero-order valence-electron chi connectivity index (χ0n) is 45.8. The van der Waals surface area contributed by atoms with Gasteiger partial charge in [-0.1, -0.05) is 163 Å². The van der Waals surface area contributed by atoms with Crippen molar-refractivity contribution in [2.45, 2.75) is 5.41 Å². The van der Waals surface area contributed by atoms with Crippen LogP contribution in [-0.2, 0) is 5.41 Å². The van der Waals surface area contributed by atoms with E-state index in [9.17, 15) is 8.22 Å². The molecule has 0 fully saturated rings. The zero-order chi connectivity index (χ0) is 51.3. The molecule has 4 heteroatoms. The lowest BCUT2D eigenvalue weighted by atomic mass is 9.67. The third kappa shape index (κ3) is 4.53. The van der Waals surface area contributed by atoms with Crippen molar-refractivity contribution in [3.8, 4) is 45.3 Å². The molecule has 54 heavy (non-hydrogen) atoms. The topological polar surface area (TPSA) is 51.8 Å². The molecule has 0 aliphatic heterocycles. The maximum absolute atomic E-state index is 10.3. The molecular weight excluding hydrogens is 659 g/mol. The summed E-state index contributed by atoms with van der Waals surface area (Å²) in [6.07, 6.45) is 0. The Morgan fingerprint density at radius 1 is 0.444 bits per heavy atom. The highest BCUT2D eigenvalue weighted by atomic mass is 16.3. The molecule has 252 valence electrons. The number of hydrogen-bond donors (Lipinski definition) is 0. The summed E-state index contributed by atoms with van der Waals surface area (Å²) in [7, 11) is 0. The van der Waals surface area contributed by atoms with E-state index in [-0.39, 0.29) is 28.0 Å². The Morgan fingerprint density at radius 2 is 1.11 bits per heavy atom. The lowest BCUT2D eigenvalue weighted by Crippen LogP contribution is -2.28. The van der Waals surface area contributed by atoms with E-state index in [0.717, 1.165) is 11.1 Å². The SMILES string of the molecule is [2H]c1c([2H])c([2H])c(-c2nc(-c3c([2H])c([2H])c4c([2H])c([2H])c([2H])c([2H])c4c3[2H])nc(-c3c([2H])c([2H])c([2H])c4oc5c([2H])c([2H])c(C6(c7ccccc7)c7ccccc7-c7ccccc76)c([2H])c5c34)n2)c([2H])c1[2H]. The lowest BCUT2D eigenvalue weighted by molar-refractivity contribution is 0.668. The van der Waals surface area contributed by atoms with Gasteiger partial charge in [0.1, 0.15) is 11.2 Å². The van der Waals surface area contributed by atoms with Gasteiger partial charge in [-0.05, 0) is 68.3 Å². The first-order valence-corrected chi connectivity index (χ1v) is 16.8. The van der Waals surface area contributed by atoms with Gasteiger partial charge in [-0.2, -0.15) is 0 Å². The van der Waals surface area contributed by atoms with Crippen LogP contribution in [0.2, 0.25) is 0 Å². The summed E-state index contributed by atoms with van der Waals surface area (Å²) in [6.45, 7) is 0. The van der Waals surface area contributed by atoms with Crippen LogP contribution in [0, 0.1) is 0 Å². The van der Waals surface area contributed by atoms with Gasteiger partial charge >= 0.3 is 0 Å². The molecule has 2 heterocycles. The van der Waals surface area contributed by atoms with Crippen molar-refractivity contribution >= 4 is 32.7 Å². The Morgan fingerprint density at radius 3 is 1.89 bits per heavy atom. The van der Waals surface area contributed by atoms with Crippen LogP contribution in [0.4, 0.5) is 0 Å². The van der Waals surface area contributed by atoms with E-state index in [1.165, 1.54) is 0 Å². The summed E-state index contributed by atoms with van der Waals surface area (Å²) in [4.78, 5) is 13.6. The average Bonchev–Trinajstić information content (AvgIpc) is 3.92. The first-order chi connectivity index (χ1) is 34.3. The maximum Gasteiger partial charge on any atom is 0.164 e. The monoisotopic (exact) mass is 707 g/mol. The fraction of sp³-hybridized carbons (Fsp3) is 0.0200.